The van der Waals surface area contributed by atoms with Crippen molar-refractivity contribution in [1.82, 2.24) is 15.2 Å². The molecule has 0 bridgehead atoms. The number of nitrogens with zero attached hydrogens (tertiary/aromatic N) is 2. The molecule has 0 unspecified atom stereocenters. The average Bonchev–Trinajstić information content (AvgIpc) is 3.46. The van der Waals surface area contributed by atoms with Crippen molar-refractivity contribution < 1.29 is 18.4 Å². The molecule has 2 aromatic rings. The van der Waals surface area contributed by atoms with Gasteiger partial charge in [0.05, 0.1) is 0 Å². The summed E-state index contributed by atoms with van der Waals surface area (Å²) in [5.74, 6) is -1.44. The Bertz CT molecular complexity index is 965. The van der Waals surface area contributed by atoms with Crippen LogP contribution < -0.4 is 5.32 Å². The standard InChI is InChI=1S/C24H25F2N3O2/c25-18-13-17(14-19(26)15-18)4-5-22(30)29-11-7-24(8-12-29)16-21(24)23(31)28-10-6-20-3-1-2-9-27-20/h1-5,9,13-15,21H,6-8,10-12,16H2,(H,28,31)/b5-4+/t21-/m1/s1. The van der Waals surface area contributed by atoms with E-state index in [4.69, 9.17) is 0 Å². The molecule has 1 saturated heterocycles. The maximum atomic E-state index is 13.3. The molecule has 2 amide bonds. The topological polar surface area (TPSA) is 62.3 Å². The third kappa shape index (κ3) is 5.16. The van der Waals surface area contributed by atoms with Gasteiger partial charge in [-0.15, -0.1) is 0 Å². The first-order chi connectivity index (χ1) is 14.9. The zero-order chi connectivity index (χ0) is 21.8. The second kappa shape index (κ2) is 8.96. The SMILES string of the molecule is O=C(NCCc1ccccn1)[C@H]1CC12CCN(C(=O)/C=C/c1cc(F)cc(F)c1)CC2. The molecule has 1 atom stereocenters. The van der Waals surface area contributed by atoms with E-state index in [0.717, 1.165) is 31.0 Å². The van der Waals surface area contributed by atoms with Gasteiger partial charge in [0.1, 0.15) is 11.6 Å². The molecule has 4 rings (SSSR count). The number of hydrogen-bond donors (Lipinski definition) is 1. The highest BCUT2D eigenvalue weighted by molar-refractivity contribution is 5.92. The summed E-state index contributed by atoms with van der Waals surface area (Å²) in [6.07, 6.45) is 7.67. The van der Waals surface area contributed by atoms with Gasteiger partial charge in [-0.3, -0.25) is 14.6 Å². The second-order valence-corrected chi connectivity index (χ2v) is 8.34. The van der Waals surface area contributed by atoms with E-state index in [0.29, 0.717) is 31.6 Å². The number of piperidine rings is 1. The van der Waals surface area contributed by atoms with Gasteiger partial charge in [-0.2, -0.15) is 0 Å². The van der Waals surface area contributed by atoms with Crippen molar-refractivity contribution in [3.8, 4) is 0 Å². The Morgan fingerprint density at radius 1 is 1.16 bits per heavy atom. The molecule has 1 spiro atoms. The highest BCUT2D eigenvalue weighted by atomic mass is 19.1. The maximum Gasteiger partial charge on any atom is 0.246 e. The van der Waals surface area contributed by atoms with Crippen LogP contribution >= 0.6 is 0 Å². The Balaban J connectivity index is 1.22. The third-order valence-corrected chi connectivity index (χ3v) is 6.29. The number of amides is 2. The molecule has 1 aliphatic heterocycles. The summed E-state index contributed by atoms with van der Waals surface area (Å²) in [6.45, 7) is 1.73. The van der Waals surface area contributed by atoms with E-state index >= 15 is 0 Å². The van der Waals surface area contributed by atoms with Gasteiger partial charge in [0.25, 0.3) is 0 Å². The van der Waals surface area contributed by atoms with Crippen LogP contribution in [0, 0.1) is 23.0 Å². The fourth-order valence-corrected chi connectivity index (χ4v) is 4.37. The molecule has 162 valence electrons. The van der Waals surface area contributed by atoms with E-state index < -0.39 is 11.6 Å². The molecular formula is C24H25F2N3O2. The number of carbonyl (C=O) groups is 2. The number of likely N-dealkylation sites (tertiary alicyclic amines) is 1. The zero-order valence-electron chi connectivity index (χ0n) is 17.2. The van der Waals surface area contributed by atoms with Crippen molar-refractivity contribution in [2.24, 2.45) is 11.3 Å². The Hall–Kier alpha value is -3.09. The predicted octanol–water partition coefficient (Wildman–Crippen LogP) is 3.36. The summed E-state index contributed by atoms with van der Waals surface area (Å²) in [6, 6.07) is 8.89. The number of carbonyl (C=O) groups excluding carboxylic acids is 2. The molecule has 2 fully saturated rings. The normalized spacial score (nSPS) is 19.5. The van der Waals surface area contributed by atoms with Crippen molar-refractivity contribution in [1.29, 1.82) is 0 Å². The molecule has 2 heterocycles. The molecule has 7 heteroatoms. The van der Waals surface area contributed by atoms with Crippen molar-refractivity contribution >= 4 is 17.9 Å². The number of hydrogen-bond acceptors (Lipinski definition) is 3. The molecule has 2 aliphatic rings. The maximum absolute atomic E-state index is 13.3. The molecule has 1 aliphatic carbocycles. The van der Waals surface area contributed by atoms with Crippen LogP contribution in [0.5, 0.6) is 0 Å². The number of aromatic nitrogens is 1. The van der Waals surface area contributed by atoms with Crippen LogP contribution in [0.2, 0.25) is 0 Å². The highest BCUT2D eigenvalue weighted by Gasteiger charge is 2.58. The summed E-state index contributed by atoms with van der Waals surface area (Å²) in [4.78, 5) is 30.9. The molecule has 0 radical (unpaired) electrons. The summed E-state index contributed by atoms with van der Waals surface area (Å²) in [5, 5.41) is 3.01. The molecule has 31 heavy (non-hydrogen) atoms. The van der Waals surface area contributed by atoms with Crippen LogP contribution in [-0.2, 0) is 16.0 Å². The van der Waals surface area contributed by atoms with E-state index in [1.165, 1.54) is 24.3 Å². The molecule has 1 saturated carbocycles. The fourth-order valence-electron chi connectivity index (χ4n) is 4.37. The number of halogens is 2. The van der Waals surface area contributed by atoms with E-state index in [2.05, 4.69) is 10.3 Å². The van der Waals surface area contributed by atoms with Crippen LogP contribution in [-0.4, -0.2) is 41.3 Å². The quantitative estimate of drug-likeness (QED) is 0.722. The Morgan fingerprint density at radius 2 is 1.90 bits per heavy atom. The van der Waals surface area contributed by atoms with Gasteiger partial charge in [-0.1, -0.05) is 6.07 Å². The van der Waals surface area contributed by atoms with E-state index in [1.807, 2.05) is 18.2 Å². The van der Waals surface area contributed by atoms with Crippen LogP contribution in [0.25, 0.3) is 6.08 Å². The Kier molecular flexibility index (Phi) is 6.11. The first-order valence-corrected chi connectivity index (χ1v) is 10.6. The number of nitrogens with one attached hydrogen (secondary N) is 1. The molecule has 1 aromatic carbocycles. The Morgan fingerprint density at radius 3 is 2.58 bits per heavy atom. The van der Waals surface area contributed by atoms with Gasteiger partial charge in [0, 0.05) is 56.0 Å². The highest BCUT2D eigenvalue weighted by Crippen LogP contribution is 2.59. The van der Waals surface area contributed by atoms with Gasteiger partial charge >= 0.3 is 0 Å². The summed E-state index contributed by atoms with van der Waals surface area (Å²) in [7, 11) is 0. The minimum Gasteiger partial charge on any atom is -0.355 e. The summed E-state index contributed by atoms with van der Waals surface area (Å²) < 4.78 is 26.5. The fraction of sp³-hybridized carbons (Fsp3) is 0.375. The van der Waals surface area contributed by atoms with Crippen molar-refractivity contribution in [3.05, 3.63) is 71.6 Å². The lowest BCUT2D eigenvalue weighted by atomic mass is 9.90. The van der Waals surface area contributed by atoms with Crippen LogP contribution in [0.3, 0.4) is 0 Å². The largest absolute Gasteiger partial charge is 0.355 e. The van der Waals surface area contributed by atoms with E-state index in [-0.39, 0.29) is 23.1 Å². The monoisotopic (exact) mass is 425 g/mol. The van der Waals surface area contributed by atoms with Crippen LogP contribution in [0.4, 0.5) is 8.78 Å². The third-order valence-electron chi connectivity index (χ3n) is 6.29. The Labute approximate surface area is 180 Å². The molecule has 1 N–H and O–H groups in total. The summed E-state index contributed by atoms with van der Waals surface area (Å²) in [5.41, 5.74) is 1.26. The predicted molar refractivity (Wildman–Crippen MR) is 113 cm³/mol. The van der Waals surface area contributed by atoms with Crippen molar-refractivity contribution in [2.45, 2.75) is 25.7 Å². The summed E-state index contributed by atoms with van der Waals surface area (Å²) >= 11 is 0. The van der Waals surface area contributed by atoms with Gasteiger partial charge in [0.15, 0.2) is 0 Å². The van der Waals surface area contributed by atoms with Crippen molar-refractivity contribution in [2.75, 3.05) is 19.6 Å². The van der Waals surface area contributed by atoms with Gasteiger partial charge in [-0.05, 0) is 60.6 Å². The van der Waals surface area contributed by atoms with Crippen LogP contribution in [0.15, 0.2) is 48.7 Å². The van der Waals surface area contributed by atoms with Crippen molar-refractivity contribution in [3.63, 3.8) is 0 Å². The second-order valence-electron chi connectivity index (χ2n) is 8.34. The van der Waals surface area contributed by atoms with Crippen LogP contribution in [0.1, 0.15) is 30.5 Å². The lowest BCUT2D eigenvalue weighted by Gasteiger charge is -2.32. The number of benzene rings is 1. The average molecular weight is 425 g/mol. The lowest BCUT2D eigenvalue weighted by molar-refractivity contribution is -0.127. The van der Waals surface area contributed by atoms with E-state index in [9.17, 15) is 18.4 Å². The van der Waals surface area contributed by atoms with Gasteiger partial charge in [-0.25, -0.2) is 8.78 Å². The minimum atomic E-state index is -0.676. The number of rotatable bonds is 6. The van der Waals surface area contributed by atoms with E-state index in [1.54, 1.807) is 11.1 Å². The smallest absolute Gasteiger partial charge is 0.246 e. The first-order valence-electron chi connectivity index (χ1n) is 10.6. The number of pyridine rings is 1. The lowest BCUT2D eigenvalue weighted by Crippen LogP contribution is -2.40. The minimum absolute atomic E-state index is 0.00125. The zero-order valence-corrected chi connectivity index (χ0v) is 17.2. The van der Waals surface area contributed by atoms with Gasteiger partial charge in [0.2, 0.25) is 11.8 Å². The first kappa shape index (κ1) is 21.2. The molecule has 5 nitrogen and oxygen atoms in total. The molecular weight excluding hydrogens is 400 g/mol. The van der Waals surface area contributed by atoms with Gasteiger partial charge < -0.3 is 10.2 Å². The molecule has 1 aromatic heterocycles.